The topological polar surface area (TPSA) is 133 Å². The number of nitrogen functional groups attached to an aromatic ring is 1. The first kappa shape index (κ1) is 16.2. The number of aryl methyl sites for hydroxylation is 2. The average Bonchev–Trinajstić information content (AvgIpc) is 2.42. The van der Waals surface area contributed by atoms with Crippen LogP contribution in [0, 0.1) is 19.7 Å². The van der Waals surface area contributed by atoms with Crippen molar-refractivity contribution in [2.24, 2.45) is 0 Å². The van der Waals surface area contributed by atoms with E-state index in [9.17, 15) is 29.0 Å². The molecule has 0 aliphatic rings. The summed E-state index contributed by atoms with van der Waals surface area (Å²) in [5.74, 6) is -4.08. The van der Waals surface area contributed by atoms with Crippen molar-refractivity contribution in [2.75, 3.05) is 5.73 Å². The van der Waals surface area contributed by atoms with Crippen LogP contribution in [0.1, 0.15) is 31.8 Å². The Kier molecular flexibility index (Phi) is 3.92. The number of nitrogens with two attached hydrogens (primary N) is 1. The third-order valence-electron chi connectivity index (χ3n) is 3.40. The van der Waals surface area contributed by atoms with Gasteiger partial charge in [-0.1, -0.05) is 0 Å². The number of carboxylic acid groups (broad SMARTS) is 2. The summed E-state index contributed by atoms with van der Waals surface area (Å²) < 4.78 is 13.8. The Hall–Kier alpha value is -3.16. The molecular formula is C15H13FN2O5. The van der Waals surface area contributed by atoms with Crippen LogP contribution in [0.15, 0.2) is 16.9 Å². The number of aromatic carboxylic acids is 2. The highest BCUT2D eigenvalue weighted by Gasteiger charge is 2.27. The van der Waals surface area contributed by atoms with E-state index in [-0.39, 0.29) is 22.3 Å². The van der Waals surface area contributed by atoms with Gasteiger partial charge in [0.25, 0.3) is 5.56 Å². The van der Waals surface area contributed by atoms with Crippen LogP contribution in [-0.4, -0.2) is 27.1 Å². The van der Waals surface area contributed by atoms with Gasteiger partial charge < -0.3 is 20.9 Å². The van der Waals surface area contributed by atoms with Gasteiger partial charge in [-0.05, 0) is 42.7 Å². The third kappa shape index (κ3) is 2.66. The number of benzene rings is 1. The second-order valence-electron chi connectivity index (χ2n) is 5.03. The Morgan fingerprint density at radius 3 is 2.00 bits per heavy atom. The number of aromatic amines is 1. The summed E-state index contributed by atoms with van der Waals surface area (Å²) in [6.45, 7) is 2.90. The van der Waals surface area contributed by atoms with Crippen molar-refractivity contribution in [2.45, 2.75) is 13.8 Å². The maximum atomic E-state index is 13.8. The highest BCUT2D eigenvalue weighted by molar-refractivity contribution is 6.07. The van der Waals surface area contributed by atoms with Gasteiger partial charge in [0.1, 0.15) is 22.8 Å². The molecule has 1 aromatic heterocycles. The summed E-state index contributed by atoms with van der Waals surface area (Å²) in [7, 11) is 0. The number of hydrogen-bond acceptors (Lipinski definition) is 4. The number of aromatic nitrogens is 1. The van der Waals surface area contributed by atoms with E-state index in [1.165, 1.54) is 26.0 Å². The quantitative estimate of drug-likeness (QED) is 0.681. The van der Waals surface area contributed by atoms with Gasteiger partial charge in [-0.15, -0.1) is 0 Å². The second kappa shape index (κ2) is 5.56. The Morgan fingerprint density at radius 2 is 1.57 bits per heavy atom. The molecule has 0 amide bonds. The molecule has 1 heterocycles. The van der Waals surface area contributed by atoms with Gasteiger partial charge in [-0.25, -0.2) is 14.0 Å². The molecule has 0 aliphatic carbocycles. The first-order valence-corrected chi connectivity index (χ1v) is 6.44. The summed E-state index contributed by atoms with van der Waals surface area (Å²) in [4.78, 5) is 36.8. The molecule has 5 N–H and O–H groups in total. The zero-order valence-electron chi connectivity index (χ0n) is 12.2. The molecule has 120 valence electrons. The molecule has 0 aliphatic heterocycles. The number of nitrogens with one attached hydrogen (secondary N) is 1. The summed E-state index contributed by atoms with van der Waals surface area (Å²) in [5.41, 5.74) is 3.30. The van der Waals surface area contributed by atoms with Crippen molar-refractivity contribution in [1.82, 2.24) is 4.98 Å². The van der Waals surface area contributed by atoms with Crippen molar-refractivity contribution in [1.29, 1.82) is 0 Å². The van der Waals surface area contributed by atoms with Crippen LogP contribution in [-0.2, 0) is 0 Å². The smallest absolute Gasteiger partial charge is 0.342 e. The van der Waals surface area contributed by atoms with E-state index >= 15 is 0 Å². The van der Waals surface area contributed by atoms with Crippen LogP contribution in [0.5, 0.6) is 0 Å². The zero-order valence-corrected chi connectivity index (χ0v) is 12.2. The van der Waals surface area contributed by atoms with Gasteiger partial charge >= 0.3 is 11.9 Å². The molecule has 1 aromatic carbocycles. The minimum Gasteiger partial charge on any atom is -0.478 e. The maximum Gasteiger partial charge on any atom is 0.342 e. The van der Waals surface area contributed by atoms with E-state index in [1.807, 2.05) is 4.98 Å². The van der Waals surface area contributed by atoms with Crippen molar-refractivity contribution in [3.63, 3.8) is 0 Å². The zero-order chi connectivity index (χ0) is 17.5. The predicted octanol–water partition coefficient (Wildman–Crippen LogP) is 1.78. The SMILES string of the molecule is Cc1cc(-c2c(C(=O)O)c(N)[nH]c(=O)c2C(=O)O)cc(C)c1F. The van der Waals surface area contributed by atoms with E-state index < -0.39 is 40.3 Å². The Bertz CT molecular complexity index is 878. The summed E-state index contributed by atoms with van der Waals surface area (Å²) in [6, 6.07) is 2.55. The summed E-state index contributed by atoms with van der Waals surface area (Å²) in [5, 5.41) is 18.6. The maximum absolute atomic E-state index is 13.8. The highest BCUT2D eigenvalue weighted by Crippen LogP contribution is 2.31. The van der Waals surface area contributed by atoms with E-state index in [0.29, 0.717) is 0 Å². The number of carbonyl (C=O) groups is 2. The first-order valence-electron chi connectivity index (χ1n) is 6.44. The lowest BCUT2D eigenvalue weighted by Crippen LogP contribution is -2.24. The van der Waals surface area contributed by atoms with E-state index in [4.69, 9.17) is 5.73 Å². The van der Waals surface area contributed by atoms with E-state index in [0.717, 1.165) is 0 Å². The number of H-pyrrole nitrogens is 1. The average molecular weight is 320 g/mol. The van der Waals surface area contributed by atoms with Crippen molar-refractivity contribution >= 4 is 17.8 Å². The normalized spacial score (nSPS) is 10.6. The minimum atomic E-state index is -1.61. The van der Waals surface area contributed by atoms with Gasteiger partial charge in [0, 0.05) is 5.56 Å². The monoisotopic (exact) mass is 320 g/mol. The molecule has 8 heteroatoms. The van der Waals surface area contributed by atoms with Crippen molar-refractivity contribution in [3.8, 4) is 11.1 Å². The standard InChI is InChI=1S/C15H13FN2O5/c1-5-3-7(4-6(2)11(5)16)8-9(14(20)21)12(17)18-13(19)10(8)15(22)23/h3-4H,1-2H3,(H,20,21)(H,22,23)(H3,17,18,19). The number of halogens is 1. The predicted molar refractivity (Wildman–Crippen MR) is 80.3 cm³/mol. The lowest BCUT2D eigenvalue weighted by Gasteiger charge is -2.14. The summed E-state index contributed by atoms with van der Waals surface area (Å²) in [6.07, 6.45) is 0. The van der Waals surface area contributed by atoms with Crippen LogP contribution < -0.4 is 11.3 Å². The van der Waals surface area contributed by atoms with E-state index in [1.54, 1.807) is 0 Å². The fourth-order valence-corrected chi connectivity index (χ4v) is 2.43. The fourth-order valence-electron chi connectivity index (χ4n) is 2.43. The molecule has 0 fully saturated rings. The molecule has 0 saturated carbocycles. The number of carboxylic acids is 2. The van der Waals surface area contributed by atoms with Gasteiger partial charge in [0.05, 0.1) is 0 Å². The molecule has 7 nitrogen and oxygen atoms in total. The number of rotatable bonds is 3. The highest BCUT2D eigenvalue weighted by atomic mass is 19.1. The fraction of sp³-hybridized carbons (Fsp3) is 0.133. The Balaban J connectivity index is 3.03. The number of pyridine rings is 1. The largest absolute Gasteiger partial charge is 0.478 e. The van der Waals surface area contributed by atoms with Gasteiger partial charge in [0.2, 0.25) is 0 Å². The van der Waals surface area contributed by atoms with E-state index in [2.05, 4.69) is 0 Å². The number of hydrogen-bond donors (Lipinski definition) is 4. The van der Waals surface area contributed by atoms with Crippen LogP contribution >= 0.6 is 0 Å². The van der Waals surface area contributed by atoms with Crippen LogP contribution in [0.2, 0.25) is 0 Å². The van der Waals surface area contributed by atoms with Gasteiger partial charge in [0.15, 0.2) is 0 Å². The third-order valence-corrected chi connectivity index (χ3v) is 3.40. The molecule has 2 rings (SSSR count). The lowest BCUT2D eigenvalue weighted by molar-refractivity contribution is 0.0695. The van der Waals surface area contributed by atoms with Crippen molar-refractivity contribution in [3.05, 3.63) is 50.6 Å². The lowest BCUT2D eigenvalue weighted by atomic mass is 9.93. The van der Waals surface area contributed by atoms with Crippen LogP contribution in [0.4, 0.5) is 10.2 Å². The van der Waals surface area contributed by atoms with Crippen molar-refractivity contribution < 1.29 is 24.2 Å². The molecular weight excluding hydrogens is 307 g/mol. The molecule has 0 spiro atoms. The van der Waals surface area contributed by atoms with Crippen LogP contribution in [0.3, 0.4) is 0 Å². The van der Waals surface area contributed by atoms with Gasteiger partial charge in [-0.2, -0.15) is 0 Å². The second-order valence-corrected chi connectivity index (χ2v) is 5.03. The molecule has 0 radical (unpaired) electrons. The minimum absolute atomic E-state index is 0.0917. The first-order chi connectivity index (χ1) is 10.6. The Morgan fingerprint density at radius 1 is 1.09 bits per heavy atom. The van der Waals surface area contributed by atoms with Gasteiger partial charge in [-0.3, -0.25) is 4.79 Å². The van der Waals surface area contributed by atoms with Crippen LogP contribution in [0.25, 0.3) is 11.1 Å². The molecule has 23 heavy (non-hydrogen) atoms. The molecule has 0 atom stereocenters. The molecule has 0 saturated heterocycles. The summed E-state index contributed by atoms with van der Waals surface area (Å²) >= 11 is 0. The number of anilines is 1. The molecule has 2 aromatic rings. The molecule has 0 unspecified atom stereocenters. The Labute approximate surface area is 129 Å². The molecule has 0 bridgehead atoms.